The summed E-state index contributed by atoms with van der Waals surface area (Å²) in [7, 11) is 0. The zero-order chi connectivity index (χ0) is 17.7. The maximum Gasteiger partial charge on any atom is 0.412 e. The van der Waals surface area contributed by atoms with Crippen LogP contribution in [0.3, 0.4) is 0 Å². The Morgan fingerprint density at radius 2 is 1.92 bits per heavy atom. The van der Waals surface area contributed by atoms with Crippen molar-refractivity contribution in [3.8, 4) is 0 Å². The number of carbonyl (C=O) groups excluding carboxylic acids is 1. The van der Waals surface area contributed by atoms with Gasteiger partial charge in [0.1, 0.15) is 5.60 Å². The number of hydrogen-bond acceptors (Lipinski definition) is 4. The third-order valence-electron chi connectivity index (χ3n) is 3.09. The summed E-state index contributed by atoms with van der Waals surface area (Å²) in [6.07, 6.45) is 1.33. The minimum atomic E-state index is -0.526. The first-order valence-electron chi connectivity index (χ1n) is 7.68. The van der Waals surface area contributed by atoms with Crippen molar-refractivity contribution >= 4 is 33.4 Å². The average Bonchev–Trinajstić information content (AvgIpc) is 2.47. The van der Waals surface area contributed by atoms with E-state index >= 15 is 0 Å². The first-order chi connectivity index (χ1) is 11.2. The van der Waals surface area contributed by atoms with E-state index in [1.807, 2.05) is 58.0 Å². The predicted molar refractivity (Wildman–Crippen MR) is 100 cm³/mol. The lowest BCUT2D eigenvalue weighted by atomic mass is 10.2. The van der Waals surface area contributed by atoms with Crippen LogP contribution in [0.25, 0.3) is 0 Å². The monoisotopic (exact) mass is 391 g/mol. The number of ether oxygens (including phenoxy) is 1. The number of pyridine rings is 1. The highest BCUT2D eigenvalue weighted by Crippen LogP contribution is 2.23. The van der Waals surface area contributed by atoms with E-state index in [1.54, 1.807) is 6.20 Å². The smallest absolute Gasteiger partial charge is 0.412 e. The van der Waals surface area contributed by atoms with Crippen LogP contribution in [0.1, 0.15) is 32.0 Å². The molecule has 1 aromatic heterocycles. The average molecular weight is 392 g/mol. The van der Waals surface area contributed by atoms with Gasteiger partial charge in [0.15, 0.2) is 0 Å². The van der Waals surface area contributed by atoms with Crippen molar-refractivity contribution in [2.24, 2.45) is 0 Å². The Kier molecular flexibility index (Phi) is 5.83. The molecule has 128 valence electrons. The molecule has 2 aromatic rings. The maximum absolute atomic E-state index is 11.9. The molecule has 0 radical (unpaired) electrons. The molecular formula is C18H22BrN3O2. The molecule has 0 fully saturated rings. The van der Waals surface area contributed by atoms with E-state index in [1.165, 1.54) is 0 Å². The summed E-state index contributed by atoms with van der Waals surface area (Å²) in [6, 6.07) is 9.57. The second-order valence-corrected chi connectivity index (χ2v) is 7.33. The second kappa shape index (κ2) is 7.66. The summed E-state index contributed by atoms with van der Waals surface area (Å²) in [5, 5.41) is 6.06. The quantitative estimate of drug-likeness (QED) is 0.759. The molecule has 0 unspecified atom stereocenters. The number of rotatable bonds is 4. The largest absolute Gasteiger partial charge is 0.444 e. The standard InChI is InChI=1S/C18H22BrN3O2/c1-12-5-6-15(11-20-12)21-10-13-9-14(7-8-16(13)19)22-17(23)24-18(2,3)4/h5-9,11,21H,10H2,1-4H3,(H,22,23). The van der Waals surface area contributed by atoms with Crippen molar-refractivity contribution in [2.75, 3.05) is 10.6 Å². The summed E-state index contributed by atoms with van der Waals surface area (Å²) < 4.78 is 6.23. The molecule has 0 bridgehead atoms. The Balaban J connectivity index is 2.02. The van der Waals surface area contributed by atoms with Crippen LogP contribution in [0.2, 0.25) is 0 Å². The summed E-state index contributed by atoms with van der Waals surface area (Å²) in [5.41, 5.74) is 3.10. The van der Waals surface area contributed by atoms with Crippen LogP contribution >= 0.6 is 15.9 Å². The number of amides is 1. The number of carbonyl (C=O) groups is 1. The summed E-state index contributed by atoms with van der Waals surface area (Å²) >= 11 is 3.53. The normalized spacial score (nSPS) is 11.0. The highest BCUT2D eigenvalue weighted by atomic mass is 79.9. The topological polar surface area (TPSA) is 63.2 Å². The molecule has 6 heteroatoms. The number of aromatic nitrogens is 1. The zero-order valence-corrected chi connectivity index (χ0v) is 15.9. The molecule has 2 N–H and O–H groups in total. The van der Waals surface area contributed by atoms with Crippen molar-refractivity contribution < 1.29 is 9.53 Å². The number of nitrogens with zero attached hydrogens (tertiary/aromatic N) is 1. The van der Waals surface area contributed by atoms with Gasteiger partial charge in [-0.15, -0.1) is 0 Å². The Morgan fingerprint density at radius 1 is 1.21 bits per heavy atom. The van der Waals surface area contributed by atoms with Crippen LogP contribution in [0.5, 0.6) is 0 Å². The van der Waals surface area contributed by atoms with E-state index in [4.69, 9.17) is 4.74 Å². The van der Waals surface area contributed by atoms with Crippen LogP contribution in [-0.4, -0.2) is 16.7 Å². The van der Waals surface area contributed by atoms with Gasteiger partial charge in [-0.05, 0) is 63.6 Å². The van der Waals surface area contributed by atoms with Gasteiger partial charge in [0.05, 0.1) is 11.9 Å². The molecule has 1 amide bonds. The first kappa shape index (κ1) is 18.3. The van der Waals surface area contributed by atoms with Crippen LogP contribution < -0.4 is 10.6 Å². The van der Waals surface area contributed by atoms with E-state index in [0.717, 1.165) is 21.4 Å². The molecule has 1 aromatic carbocycles. The molecule has 0 aliphatic carbocycles. The van der Waals surface area contributed by atoms with E-state index in [9.17, 15) is 4.79 Å². The van der Waals surface area contributed by atoms with Gasteiger partial charge >= 0.3 is 6.09 Å². The maximum atomic E-state index is 11.9. The number of aryl methyl sites for hydroxylation is 1. The van der Waals surface area contributed by atoms with Gasteiger partial charge in [-0.2, -0.15) is 0 Å². The van der Waals surface area contributed by atoms with Crippen molar-refractivity contribution in [3.63, 3.8) is 0 Å². The van der Waals surface area contributed by atoms with Crippen LogP contribution in [0, 0.1) is 6.92 Å². The zero-order valence-electron chi connectivity index (χ0n) is 14.3. The van der Waals surface area contributed by atoms with Gasteiger partial charge in [-0.1, -0.05) is 15.9 Å². The minimum absolute atomic E-state index is 0.466. The molecule has 0 atom stereocenters. The minimum Gasteiger partial charge on any atom is -0.444 e. The molecule has 0 aliphatic rings. The van der Waals surface area contributed by atoms with Gasteiger partial charge in [0.25, 0.3) is 0 Å². The lowest BCUT2D eigenvalue weighted by molar-refractivity contribution is 0.0636. The van der Waals surface area contributed by atoms with Gasteiger partial charge in [0, 0.05) is 22.4 Å². The Labute approximate surface area is 151 Å². The molecule has 5 nitrogen and oxygen atoms in total. The van der Waals surface area contributed by atoms with Crippen molar-refractivity contribution in [1.82, 2.24) is 4.98 Å². The number of benzene rings is 1. The molecule has 0 saturated carbocycles. The van der Waals surface area contributed by atoms with Gasteiger partial charge in [-0.3, -0.25) is 10.3 Å². The van der Waals surface area contributed by atoms with Gasteiger partial charge in [0.2, 0.25) is 0 Å². The second-order valence-electron chi connectivity index (χ2n) is 6.47. The van der Waals surface area contributed by atoms with Crippen molar-refractivity contribution in [3.05, 3.63) is 52.3 Å². The number of hydrogen-bond donors (Lipinski definition) is 2. The molecular weight excluding hydrogens is 370 g/mol. The van der Waals surface area contributed by atoms with E-state index < -0.39 is 11.7 Å². The van der Waals surface area contributed by atoms with Crippen LogP contribution in [0.15, 0.2) is 41.0 Å². The van der Waals surface area contributed by atoms with Crippen molar-refractivity contribution in [2.45, 2.75) is 39.8 Å². The third-order valence-corrected chi connectivity index (χ3v) is 3.86. The predicted octanol–water partition coefficient (Wildman–Crippen LogP) is 5.11. The first-order valence-corrected chi connectivity index (χ1v) is 8.47. The van der Waals surface area contributed by atoms with E-state index in [-0.39, 0.29) is 0 Å². The fourth-order valence-corrected chi connectivity index (χ4v) is 2.37. The Morgan fingerprint density at radius 3 is 2.54 bits per heavy atom. The van der Waals surface area contributed by atoms with Crippen LogP contribution in [0.4, 0.5) is 16.2 Å². The van der Waals surface area contributed by atoms with Gasteiger partial charge in [-0.25, -0.2) is 4.79 Å². The Hall–Kier alpha value is -2.08. The number of nitrogens with one attached hydrogen (secondary N) is 2. The molecule has 0 saturated heterocycles. The molecule has 2 rings (SSSR count). The molecule has 1 heterocycles. The molecule has 0 aliphatic heterocycles. The Bertz CT molecular complexity index is 709. The van der Waals surface area contributed by atoms with E-state index in [2.05, 4.69) is 31.5 Å². The highest BCUT2D eigenvalue weighted by Gasteiger charge is 2.16. The van der Waals surface area contributed by atoms with Gasteiger partial charge < -0.3 is 10.1 Å². The van der Waals surface area contributed by atoms with Crippen molar-refractivity contribution in [1.29, 1.82) is 0 Å². The summed E-state index contributed by atoms with van der Waals surface area (Å²) in [5.74, 6) is 0. The molecule has 24 heavy (non-hydrogen) atoms. The highest BCUT2D eigenvalue weighted by molar-refractivity contribution is 9.10. The number of anilines is 2. The number of halogens is 1. The lowest BCUT2D eigenvalue weighted by Gasteiger charge is -2.20. The summed E-state index contributed by atoms with van der Waals surface area (Å²) in [4.78, 5) is 16.1. The molecule has 0 spiro atoms. The fourth-order valence-electron chi connectivity index (χ4n) is 1.98. The lowest BCUT2D eigenvalue weighted by Crippen LogP contribution is -2.27. The fraction of sp³-hybridized carbons (Fsp3) is 0.333. The SMILES string of the molecule is Cc1ccc(NCc2cc(NC(=O)OC(C)(C)C)ccc2Br)cn1. The third kappa shape index (κ3) is 5.85. The van der Waals surface area contributed by atoms with Crippen LogP contribution in [-0.2, 0) is 11.3 Å². The van der Waals surface area contributed by atoms with E-state index in [0.29, 0.717) is 12.2 Å². The summed E-state index contributed by atoms with van der Waals surface area (Å²) in [6.45, 7) is 8.05.